The molecule has 0 aliphatic carbocycles. The lowest BCUT2D eigenvalue weighted by Gasteiger charge is -2.14. The Labute approximate surface area is 92.0 Å². The fourth-order valence-electron chi connectivity index (χ4n) is 0.788. The lowest BCUT2D eigenvalue weighted by Crippen LogP contribution is -1.98. The zero-order valence-corrected chi connectivity index (χ0v) is 9.56. The van der Waals surface area contributed by atoms with Crippen LogP contribution in [-0.2, 0) is 13.6 Å². The van der Waals surface area contributed by atoms with Gasteiger partial charge in [-0.3, -0.25) is 9.05 Å². The van der Waals surface area contributed by atoms with Crippen LogP contribution in [0.15, 0.2) is 24.3 Å². The Bertz CT molecular complexity index is 391. The zero-order valence-electron chi connectivity index (χ0n) is 8.66. The molecule has 0 aromatic heterocycles. The molecule has 88 valence electrons. The Balaban J connectivity index is 0.00000106. The smallest absolute Gasteiger partial charge is 0.401 e. The molecule has 0 fully saturated rings. The molecule has 0 amide bonds. The van der Waals surface area contributed by atoms with Gasteiger partial charge in [0.2, 0.25) is 0 Å². The molecule has 0 aliphatic rings. The first-order valence-electron chi connectivity index (χ1n) is 3.97. The van der Waals surface area contributed by atoms with E-state index in [2.05, 4.69) is 9.05 Å². The Morgan fingerprint density at radius 3 is 2.12 bits per heavy atom. The van der Waals surface area contributed by atoms with Gasteiger partial charge in [0.25, 0.3) is 0 Å². The van der Waals surface area contributed by atoms with Gasteiger partial charge in [0.05, 0.1) is 0 Å². The number of para-hydroxylation sites is 1. The highest BCUT2D eigenvalue weighted by Gasteiger charge is 2.25. The van der Waals surface area contributed by atoms with Crippen LogP contribution in [0.5, 0.6) is 5.75 Å². The Morgan fingerprint density at radius 2 is 1.69 bits per heavy atom. The molecule has 0 atom stereocenters. The summed E-state index contributed by atoms with van der Waals surface area (Å²) < 4.78 is 38.2. The predicted molar refractivity (Wildman–Crippen MR) is 52.1 cm³/mol. The van der Waals surface area contributed by atoms with Crippen molar-refractivity contribution in [3.05, 3.63) is 30.1 Å². The van der Waals surface area contributed by atoms with Crippen LogP contribution in [0.2, 0.25) is 0 Å². The van der Waals surface area contributed by atoms with Crippen molar-refractivity contribution in [3.8, 4) is 5.75 Å². The number of benzene rings is 1. The summed E-state index contributed by atoms with van der Waals surface area (Å²) >= 11 is 0. The first-order chi connectivity index (χ1) is 7.61. The molecule has 0 aliphatic heterocycles. The molecule has 0 saturated heterocycles. The van der Waals surface area contributed by atoms with Crippen LogP contribution in [0.3, 0.4) is 0 Å². The second-order valence-electron chi connectivity index (χ2n) is 2.33. The predicted octanol–water partition coefficient (Wildman–Crippen LogP) is 2.64. The third-order valence-electron chi connectivity index (χ3n) is 1.49. The van der Waals surface area contributed by atoms with Crippen LogP contribution in [-0.4, -0.2) is 14.2 Å². The van der Waals surface area contributed by atoms with E-state index in [1.165, 1.54) is 18.2 Å². The summed E-state index contributed by atoms with van der Waals surface area (Å²) in [6.07, 6.45) is 0. The fraction of sp³-hybridized carbons (Fsp3) is 0.250. The van der Waals surface area contributed by atoms with Gasteiger partial charge in [-0.2, -0.15) is 0 Å². The highest BCUT2D eigenvalue weighted by Crippen LogP contribution is 2.48. The van der Waals surface area contributed by atoms with Crippen LogP contribution < -0.4 is 4.52 Å². The van der Waals surface area contributed by atoms with Crippen molar-refractivity contribution in [2.24, 2.45) is 0 Å². The van der Waals surface area contributed by atoms with Crippen molar-refractivity contribution in [2.45, 2.75) is 0 Å². The van der Waals surface area contributed by atoms with Gasteiger partial charge < -0.3 is 4.52 Å². The first-order valence-corrected chi connectivity index (χ1v) is 5.43. The average Bonchev–Trinajstić information content (AvgIpc) is 2.34. The maximum atomic E-state index is 13.0. The summed E-state index contributed by atoms with van der Waals surface area (Å²) in [6.45, 7) is 0. The molecule has 0 saturated carbocycles. The van der Waals surface area contributed by atoms with E-state index < -0.39 is 13.6 Å². The summed E-state index contributed by atoms with van der Waals surface area (Å²) in [7, 11) is -1.35. The van der Waals surface area contributed by atoms with Gasteiger partial charge in [-0.25, -0.2) is 8.96 Å². The van der Waals surface area contributed by atoms with Gasteiger partial charge in [-0.05, 0) is 12.1 Å². The number of phosphoric ester groups is 1. The maximum Gasteiger partial charge on any atom is 0.529 e. The molecule has 0 N–H and O–H groups in total. The van der Waals surface area contributed by atoms with Crippen LogP contribution >= 0.6 is 7.82 Å². The summed E-state index contributed by atoms with van der Waals surface area (Å²) in [6, 6.07) is 5.56. The van der Waals surface area contributed by atoms with E-state index in [0.717, 1.165) is 14.2 Å². The number of nitrogens with zero attached hydrogens (tertiary/aromatic N) is 2. The van der Waals surface area contributed by atoms with Crippen molar-refractivity contribution in [1.29, 1.82) is 10.8 Å². The Kier molecular flexibility index (Phi) is 6.27. The second-order valence-corrected chi connectivity index (χ2v) is 4.14. The van der Waals surface area contributed by atoms with Crippen molar-refractivity contribution >= 4 is 7.82 Å². The number of halogens is 1. The third kappa shape index (κ3) is 3.95. The minimum Gasteiger partial charge on any atom is -0.401 e. The molecule has 1 rings (SSSR count). The van der Waals surface area contributed by atoms with E-state index in [9.17, 15) is 8.96 Å². The van der Waals surface area contributed by atoms with E-state index in [-0.39, 0.29) is 5.75 Å². The topological polar surface area (TPSA) is 92.3 Å². The van der Waals surface area contributed by atoms with E-state index in [1.807, 2.05) is 0 Å². The minimum atomic E-state index is -3.67. The Morgan fingerprint density at radius 1 is 1.19 bits per heavy atom. The normalized spacial score (nSPS) is 10.1. The molecule has 0 radical (unpaired) electrons. The number of phosphoric acid groups is 1. The highest BCUT2D eigenvalue weighted by atomic mass is 31.2. The summed E-state index contributed by atoms with van der Waals surface area (Å²) in [4.78, 5) is 0. The van der Waals surface area contributed by atoms with Crippen molar-refractivity contribution in [3.63, 3.8) is 0 Å². The van der Waals surface area contributed by atoms with Crippen LogP contribution in [0, 0.1) is 16.6 Å². The lowest BCUT2D eigenvalue weighted by molar-refractivity contribution is 0.208. The van der Waals surface area contributed by atoms with Gasteiger partial charge in [-0.15, -0.1) is 0 Å². The van der Waals surface area contributed by atoms with Gasteiger partial charge in [0.1, 0.15) is 0 Å². The molecule has 16 heavy (non-hydrogen) atoms. The molecule has 1 aromatic rings. The van der Waals surface area contributed by atoms with Gasteiger partial charge in [0.15, 0.2) is 11.6 Å². The quantitative estimate of drug-likeness (QED) is 0.600. The van der Waals surface area contributed by atoms with E-state index in [4.69, 9.17) is 15.3 Å². The summed E-state index contributed by atoms with van der Waals surface area (Å²) in [5.41, 5.74) is 0. The molecule has 0 bridgehead atoms. The molecule has 0 heterocycles. The number of hydrogen-bond acceptors (Lipinski definition) is 6. The standard InChI is InChI=1S/C8H10FO4P.N2/c1-11-14(10,12-2)13-8-6-4-3-5-7(8)9;1-2/h3-6H,1-2H3;. The van der Waals surface area contributed by atoms with Crippen molar-refractivity contribution < 1.29 is 22.5 Å². The molecule has 0 unspecified atom stereocenters. The maximum absolute atomic E-state index is 13.0. The van der Waals surface area contributed by atoms with E-state index >= 15 is 0 Å². The molecular formula is C8H10FN2O4P. The summed E-state index contributed by atoms with van der Waals surface area (Å²) in [5.74, 6) is -0.790. The number of rotatable bonds is 4. The average molecular weight is 248 g/mol. The van der Waals surface area contributed by atoms with E-state index in [1.54, 1.807) is 6.07 Å². The molecule has 0 spiro atoms. The van der Waals surface area contributed by atoms with Crippen molar-refractivity contribution in [1.82, 2.24) is 0 Å². The van der Waals surface area contributed by atoms with Crippen molar-refractivity contribution in [2.75, 3.05) is 14.2 Å². The SMILES string of the molecule is COP(=O)(OC)Oc1ccccc1F.N#N. The van der Waals surface area contributed by atoms with Gasteiger partial charge in [-0.1, -0.05) is 12.1 Å². The zero-order chi connectivity index (χ0) is 12.6. The first kappa shape index (κ1) is 14.5. The molecule has 8 heteroatoms. The minimum absolute atomic E-state index is 0.167. The summed E-state index contributed by atoms with van der Waals surface area (Å²) in [5, 5.41) is 12.0. The third-order valence-corrected chi connectivity index (χ3v) is 2.81. The molecular weight excluding hydrogens is 238 g/mol. The fourth-order valence-corrected chi connectivity index (χ4v) is 1.48. The highest BCUT2D eigenvalue weighted by molar-refractivity contribution is 7.48. The van der Waals surface area contributed by atoms with Crippen LogP contribution in [0.4, 0.5) is 4.39 Å². The number of hydrogen-bond donors (Lipinski definition) is 0. The Hall–Kier alpha value is -1.48. The lowest BCUT2D eigenvalue weighted by atomic mass is 10.3. The largest absolute Gasteiger partial charge is 0.529 e. The van der Waals surface area contributed by atoms with Crippen LogP contribution in [0.25, 0.3) is 0 Å². The van der Waals surface area contributed by atoms with Gasteiger partial charge in [0, 0.05) is 25.0 Å². The molecule has 6 nitrogen and oxygen atoms in total. The monoisotopic (exact) mass is 248 g/mol. The second kappa shape index (κ2) is 6.90. The van der Waals surface area contributed by atoms with E-state index in [0.29, 0.717) is 0 Å². The van der Waals surface area contributed by atoms with Crippen LogP contribution in [0.1, 0.15) is 0 Å². The van der Waals surface area contributed by atoms with Gasteiger partial charge >= 0.3 is 7.82 Å². The molecule has 1 aromatic carbocycles.